The van der Waals surface area contributed by atoms with E-state index in [2.05, 4.69) is 6.92 Å². The van der Waals surface area contributed by atoms with E-state index in [0.717, 1.165) is 6.42 Å². The quantitative estimate of drug-likeness (QED) is 0.597. The first-order valence-electron chi connectivity index (χ1n) is 4.55. The lowest BCUT2D eigenvalue weighted by molar-refractivity contribution is 0.353. The van der Waals surface area contributed by atoms with E-state index in [1.54, 1.807) is 0 Å². The van der Waals surface area contributed by atoms with Crippen molar-refractivity contribution in [1.29, 1.82) is 0 Å². The van der Waals surface area contributed by atoms with Gasteiger partial charge in [0.1, 0.15) is 0 Å². The fourth-order valence-corrected chi connectivity index (χ4v) is 0.984. The molecule has 0 spiro atoms. The van der Waals surface area contributed by atoms with Gasteiger partial charge in [-0.3, -0.25) is 0 Å². The van der Waals surface area contributed by atoms with Crippen molar-refractivity contribution in [3.63, 3.8) is 0 Å². The van der Waals surface area contributed by atoms with Crippen LogP contribution in [0.1, 0.15) is 46.5 Å². The topological polar surface area (TPSA) is 52.0 Å². The Morgan fingerprint density at radius 3 is 2.27 bits per heavy atom. The molecule has 2 atom stereocenters. The molecule has 0 aliphatic carbocycles. The average Bonchev–Trinajstić information content (AvgIpc) is 1.88. The van der Waals surface area contributed by atoms with Crippen LogP contribution >= 0.6 is 0 Å². The summed E-state index contributed by atoms with van der Waals surface area (Å²) in [4.78, 5) is 0. The molecular formula is C9H22N2. The van der Waals surface area contributed by atoms with Crippen molar-refractivity contribution in [1.82, 2.24) is 0 Å². The molecule has 68 valence electrons. The van der Waals surface area contributed by atoms with Crippen molar-refractivity contribution in [2.24, 2.45) is 11.5 Å². The van der Waals surface area contributed by atoms with Crippen LogP contribution in [0.4, 0.5) is 0 Å². The highest BCUT2D eigenvalue weighted by Gasteiger charge is 2.21. The summed E-state index contributed by atoms with van der Waals surface area (Å²) in [5.41, 5.74) is 11.5. The van der Waals surface area contributed by atoms with Gasteiger partial charge in [-0.1, -0.05) is 26.2 Å². The van der Waals surface area contributed by atoms with Crippen molar-refractivity contribution in [3.05, 3.63) is 0 Å². The van der Waals surface area contributed by atoms with Gasteiger partial charge in [-0.25, -0.2) is 0 Å². The predicted molar refractivity (Wildman–Crippen MR) is 50.4 cm³/mol. The number of nitrogens with two attached hydrogens (primary N) is 2. The van der Waals surface area contributed by atoms with Crippen LogP contribution in [0.2, 0.25) is 0 Å². The van der Waals surface area contributed by atoms with E-state index in [1.165, 1.54) is 19.3 Å². The molecule has 0 aromatic carbocycles. The highest BCUT2D eigenvalue weighted by Crippen LogP contribution is 2.14. The number of rotatable bonds is 5. The molecule has 11 heavy (non-hydrogen) atoms. The highest BCUT2D eigenvalue weighted by atomic mass is 14.8. The van der Waals surface area contributed by atoms with Crippen LogP contribution in [-0.4, -0.2) is 11.6 Å². The fraction of sp³-hybridized carbons (Fsp3) is 1.00. The molecule has 0 aliphatic rings. The van der Waals surface area contributed by atoms with Gasteiger partial charge < -0.3 is 11.5 Å². The van der Waals surface area contributed by atoms with Crippen LogP contribution in [0.5, 0.6) is 0 Å². The molecule has 2 heteroatoms. The molecule has 0 saturated heterocycles. The maximum Gasteiger partial charge on any atom is 0.0276 e. The molecule has 2 nitrogen and oxygen atoms in total. The number of unbranched alkanes of at least 4 members (excludes halogenated alkanes) is 2. The third-order valence-electron chi connectivity index (χ3n) is 2.36. The van der Waals surface area contributed by atoms with Gasteiger partial charge in [0, 0.05) is 11.6 Å². The Bertz CT molecular complexity index is 97.7. The summed E-state index contributed by atoms with van der Waals surface area (Å²) in [5.74, 6) is 0. The van der Waals surface area contributed by atoms with Crippen molar-refractivity contribution in [2.45, 2.75) is 58.0 Å². The molecule has 0 aliphatic heterocycles. The summed E-state index contributed by atoms with van der Waals surface area (Å²) in [6.07, 6.45) is 4.75. The second-order valence-electron chi connectivity index (χ2n) is 3.75. The van der Waals surface area contributed by atoms with Crippen LogP contribution in [-0.2, 0) is 0 Å². The molecule has 0 rings (SSSR count). The molecule has 0 aromatic heterocycles. The first-order valence-corrected chi connectivity index (χ1v) is 4.55. The van der Waals surface area contributed by atoms with Gasteiger partial charge in [-0.2, -0.15) is 0 Å². The molecule has 0 saturated carbocycles. The maximum atomic E-state index is 5.98. The average molecular weight is 158 g/mol. The van der Waals surface area contributed by atoms with E-state index in [9.17, 15) is 0 Å². The van der Waals surface area contributed by atoms with Crippen LogP contribution in [0, 0.1) is 0 Å². The van der Waals surface area contributed by atoms with Crippen LogP contribution in [0.25, 0.3) is 0 Å². The molecule has 0 bridgehead atoms. The normalized spacial score (nSPS) is 19.4. The third kappa shape index (κ3) is 4.38. The Morgan fingerprint density at radius 1 is 1.36 bits per heavy atom. The van der Waals surface area contributed by atoms with Gasteiger partial charge in [0.2, 0.25) is 0 Å². The molecule has 0 heterocycles. The standard InChI is InChI=1S/C9H22N2/c1-4-5-6-7-9(3,11)8(2)10/h8H,4-7,10-11H2,1-3H3. The van der Waals surface area contributed by atoms with E-state index in [0.29, 0.717) is 0 Å². The minimum absolute atomic E-state index is 0.0966. The van der Waals surface area contributed by atoms with E-state index < -0.39 is 0 Å². The molecule has 2 unspecified atom stereocenters. The van der Waals surface area contributed by atoms with Gasteiger partial charge in [0.25, 0.3) is 0 Å². The minimum atomic E-state index is -0.171. The zero-order valence-electron chi connectivity index (χ0n) is 8.06. The predicted octanol–water partition coefficient (Wildman–Crippen LogP) is 1.63. The second-order valence-corrected chi connectivity index (χ2v) is 3.75. The zero-order chi connectivity index (χ0) is 8.91. The lowest BCUT2D eigenvalue weighted by Gasteiger charge is -2.28. The van der Waals surface area contributed by atoms with Crippen molar-refractivity contribution < 1.29 is 0 Å². The number of hydrogen-bond acceptors (Lipinski definition) is 2. The molecule has 0 aromatic rings. The van der Waals surface area contributed by atoms with Gasteiger partial charge >= 0.3 is 0 Å². The highest BCUT2D eigenvalue weighted by molar-refractivity contribution is 4.86. The van der Waals surface area contributed by atoms with Crippen molar-refractivity contribution in [2.75, 3.05) is 0 Å². The van der Waals surface area contributed by atoms with E-state index in [4.69, 9.17) is 11.5 Å². The Kier molecular flexibility index (Phi) is 4.69. The van der Waals surface area contributed by atoms with Gasteiger partial charge in [-0.05, 0) is 20.3 Å². The molecule has 0 amide bonds. The minimum Gasteiger partial charge on any atom is -0.326 e. The summed E-state index contributed by atoms with van der Waals surface area (Å²) in [7, 11) is 0. The SMILES string of the molecule is CCCCCC(C)(N)C(C)N. The first-order chi connectivity index (χ1) is 5.00. The lowest BCUT2D eigenvalue weighted by Crippen LogP contribution is -2.51. The van der Waals surface area contributed by atoms with Crippen molar-refractivity contribution in [3.8, 4) is 0 Å². The lowest BCUT2D eigenvalue weighted by atomic mass is 9.89. The van der Waals surface area contributed by atoms with Crippen LogP contribution < -0.4 is 11.5 Å². The van der Waals surface area contributed by atoms with Crippen molar-refractivity contribution >= 4 is 0 Å². The molecule has 0 radical (unpaired) electrons. The summed E-state index contributed by atoms with van der Waals surface area (Å²) in [6.45, 7) is 6.21. The zero-order valence-corrected chi connectivity index (χ0v) is 8.06. The molecule has 4 N–H and O–H groups in total. The monoisotopic (exact) mass is 158 g/mol. The summed E-state index contributed by atoms with van der Waals surface area (Å²) in [5, 5.41) is 0. The van der Waals surface area contributed by atoms with Crippen LogP contribution in [0.3, 0.4) is 0 Å². The second kappa shape index (κ2) is 4.73. The summed E-state index contributed by atoms with van der Waals surface area (Å²) < 4.78 is 0. The van der Waals surface area contributed by atoms with E-state index >= 15 is 0 Å². The Hall–Kier alpha value is -0.0800. The Balaban J connectivity index is 3.55. The largest absolute Gasteiger partial charge is 0.326 e. The maximum absolute atomic E-state index is 5.98. The number of hydrogen-bond donors (Lipinski definition) is 2. The summed E-state index contributed by atoms with van der Waals surface area (Å²) in [6, 6.07) is 0.0966. The van der Waals surface area contributed by atoms with Gasteiger partial charge in [-0.15, -0.1) is 0 Å². The third-order valence-corrected chi connectivity index (χ3v) is 2.36. The molecule has 0 fully saturated rings. The molecular weight excluding hydrogens is 136 g/mol. The van der Waals surface area contributed by atoms with Gasteiger partial charge in [0.15, 0.2) is 0 Å². The van der Waals surface area contributed by atoms with Gasteiger partial charge in [0.05, 0.1) is 0 Å². The Morgan fingerprint density at radius 2 is 1.91 bits per heavy atom. The van der Waals surface area contributed by atoms with E-state index in [1.807, 2.05) is 13.8 Å². The van der Waals surface area contributed by atoms with Crippen LogP contribution in [0.15, 0.2) is 0 Å². The fourth-order valence-electron chi connectivity index (χ4n) is 0.984. The smallest absolute Gasteiger partial charge is 0.0276 e. The Labute approximate surface area is 70.3 Å². The summed E-state index contributed by atoms with van der Waals surface area (Å²) >= 11 is 0. The first kappa shape index (κ1) is 10.9. The van der Waals surface area contributed by atoms with E-state index in [-0.39, 0.29) is 11.6 Å².